The van der Waals surface area contributed by atoms with Crippen LogP contribution < -0.4 is 5.32 Å². The molecule has 0 aromatic heterocycles. The van der Waals surface area contributed by atoms with Crippen molar-refractivity contribution in [2.24, 2.45) is 5.92 Å². The van der Waals surface area contributed by atoms with Gasteiger partial charge in [0.1, 0.15) is 0 Å². The highest BCUT2D eigenvalue weighted by Gasteiger charge is 2.21. The monoisotopic (exact) mass is 301 g/mol. The molecule has 1 aromatic rings. The van der Waals surface area contributed by atoms with E-state index in [-0.39, 0.29) is 0 Å². The normalized spacial score (nSPS) is 24.9. The zero-order chi connectivity index (χ0) is 11.4. The second-order valence-electron chi connectivity index (χ2n) is 4.54. The summed E-state index contributed by atoms with van der Waals surface area (Å²) in [5.41, 5.74) is 1.33. The molecule has 88 valence electrons. The molecule has 1 aliphatic carbocycles. The first-order valence-electron chi connectivity index (χ1n) is 5.83. The van der Waals surface area contributed by atoms with E-state index < -0.39 is 0 Å². The molecule has 0 radical (unpaired) electrons. The maximum absolute atomic E-state index is 6.09. The van der Waals surface area contributed by atoms with Gasteiger partial charge in [0.25, 0.3) is 0 Å². The quantitative estimate of drug-likeness (QED) is 0.831. The molecule has 1 aromatic carbocycles. The Morgan fingerprint density at radius 1 is 1.38 bits per heavy atom. The van der Waals surface area contributed by atoms with Crippen molar-refractivity contribution in [2.75, 3.05) is 6.54 Å². The van der Waals surface area contributed by atoms with E-state index in [1.54, 1.807) is 0 Å². The van der Waals surface area contributed by atoms with Crippen LogP contribution in [-0.4, -0.2) is 11.9 Å². The Hall–Kier alpha value is -0.0500. The molecular weight excluding hydrogens is 286 g/mol. The van der Waals surface area contributed by atoms with Crippen molar-refractivity contribution < 1.29 is 0 Å². The second kappa shape index (κ2) is 6.04. The first-order valence-corrected chi connectivity index (χ1v) is 7.06. The van der Waals surface area contributed by atoms with Gasteiger partial charge in [-0.1, -0.05) is 28.1 Å². The van der Waals surface area contributed by atoms with Gasteiger partial charge < -0.3 is 5.32 Å². The Balaban J connectivity index is 1.72. The van der Waals surface area contributed by atoms with Gasteiger partial charge in [0.15, 0.2) is 0 Å². The van der Waals surface area contributed by atoms with Gasteiger partial charge in [0.05, 0.1) is 0 Å². The highest BCUT2D eigenvalue weighted by atomic mass is 79.9. The molecule has 0 amide bonds. The first-order chi connectivity index (χ1) is 7.74. The van der Waals surface area contributed by atoms with Crippen LogP contribution in [0.15, 0.2) is 28.7 Å². The fourth-order valence-corrected chi connectivity index (χ4v) is 3.09. The summed E-state index contributed by atoms with van der Waals surface area (Å²) in [5.74, 6) is 0.773. The van der Waals surface area contributed by atoms with Crippen molar-refractivity contribution in [3.05, 3.63) is 34.3 Å². The van der Waals surface area contributed by atoms with Crippen LogP contribution in [0, 0.1) is 5.92 Å². The largest absolute Gasteiger partial charge is 0.312 e. The summed E-state index contributed by atoms with van der Waals surface area (Å²) in [6.45, 7) is 2.04. The Labute approximate surface area is 111 Å². The summed E-state index contributed by atoms with van der Waals surface area (Å²) in [6, 6.07) is 8.44. The highest BCUT2D eigenvalue weighted by molar-refractivity contribution is 9.10. The third-order valence-electron chi connectivity index (χ3n) is 3.13. The van der Waals surface area contributed by atoms with Gasteiger partial charge in [0, 0.05) is 16.4 Å². The summed E-state index contributed by atoms with van der Waals surface area (Å²) in [7, 11) is 0. The van der Waals surface area contributed by atoms with E-state index in [4.69, 9.17) is 11.6 Å². The molecule has 0 heterocycles. The summed E-state index contributed by atoms with van der Waals surface area (Å²) >= 11 is 9.57. The van der Waals surface area contributed by atoms with Crippen LogP contribution in [0.25, 0.3) is 0 Å². The molecule has 2 rings (SSSR count). The minimum Gasteiger partial charge on any atom is -0.312 e. The molecule has 0 spiro atoms. The van der Waals surface area contributed by atoms with Gasteiger partial charge in [-0.25, -0.2) is 0 Å². The van der Waals surface area contributed by atoms with Crippen LogP contribution in [0.4, 0.5) is 0 Å². The molecule has 16 heavy (non-hydrogen) atoms. The van der Waals surface area contributed by atoms with E-state index in [9.17, 15) is 0 Å². The topological polar surface area (TPSA) is 12.0 Å². The minimum atomic E-state index is 0.415. The summed E-state index contributed by atoms with van der Waals surface area (Å²) < 4.78 is 1.15. The smallest absolute Gasteiger partial charge is 0.0339 e. The fourth-order valence-electron chi connectivity index (χ4n) is 2.27. The molecule has 2 atom stereocenters. The molecular formula is C13H17BrClN. The van der Waals surface area contributed by atoms with Crippen LogP contribution >= 0.6 is 27.5 Å². The molecule has 0 saturated heterocycles. The number of hydrogen-bond donors (Lipinski definition) is 1. The van der Waals surface area contributed by atoms with Gasteiger partial charge in [-0.15, -0.1) is 11.6 Å². The zero-order valence-electron chi connectivity index (χ0n) is 9.26. The second-order valence-corrected chi connectivity index (χ2v) is 6.07. The number of benzene rings is 1. The first kappa shape index (κ1) is 12.4. The lowest BCUT2D eigenvalue weighted by atomic mass is 10.1. The van der Waals surface area contributed by atoms with E-state index in [1.807, 2.05) is 0 Å². The van der Waals surface area contributed by atoms with E-state index >= 15 is 0 Å². The molecule has 0 aliphatic heterocycles. The van der Waals surface area contributed by atoms with Crippen LogP contribution in [0.3, 0.4) is 0 Å². The Morgan fingerprint density at radius 2 is 2.25 bits per heavy atom. The maximum Gasteiger partial charge on any atom is 0.0339 e. The fraction of sp³-hybridized carbons (Fsp3) is 0.538. The van der Waals surface area contributed by atoms with E-state index in [1.165, 1.54) is 24.8 Å². The standard InChI is InChI=1S/C13H17BrClN/c14-12-3-1-2-10(6-12)8-16-9-11-4-5-13(15)7-11/h1-3,6,11,13,16H,4-5,7-9H2. The van der Waals surface area contributed by atoms with Crippen LogP contribution in [0.2, 0.25) is 0 Å². The lowest BCUT2D eigenvalue weighted by Crippen LogP contribution is -2.21. The Bertz CT molecular complexity index is 342. The average molecular weight is 303 g/mol. The predicted octanol–water partition coefficient (Wildman–Crippen LogP) is 3.95. The van der Waals surface area contributed by atoms with E-state index in [0.29, 0.717) is 5.38 Å². The van der Waals surface area contributed by atoms with Crippen LogP contribution in [-0.2, 0) is 6.54 Å². The molecule has 1 aliphatic rings. The van der Waals surface area contributed by atoms with Gasteiger partial charge in [0.2, 0.25) is 0 Å². The predicted molar refractivity (Wildman–Crippen MR) is 72.8 cm³/mol. The molecule has 1 N–H and O–H groups in total. The molecule has 1 nitrogen and oxygen atoms in total. The van der Waals surface area contributed by atoms with Crippen LogP contribution in [0.1, 0.15) is 24.8 Å². The van der Waals surface area contributed by atoms with Gasteiger partial charge in [-0.3, -0.25) is 0 Å². The van der Waals surface area contributed by atoms with Crippen molar-refractivity contribution in [2.45, 2.75) is 31.2 Å². The number of halogens is 2. The summed E-state index contributed by atoms with van der Waals surface area (Å²) in [5, 5.41) is 3.93. The van der Waals surface area contributed by atoms with E-state index in [0.717, 1.165) is 23.5 Å². The van der Waals surface area contributed by atoms with Crippen molar-refractivity contribution in [3.8, 4) is 0 Å². The summed E-state index contributed by atoms with van der Waals surface area (Å²) in [6.07, 6.45) is 3.64. The van der Waals surface area contributed by atoms with Crippen molar-refractivity contribution in [3.63, 3.8) is 0 Å². The lowest BCUT2D eigenvalue weighted by molar-refractivity contribution is 0.490. The van der Waals surface area contributed by atoms with Crippen molar-refractivity contribution in [1.29, 1.82) is 0 Å². The summed E-state index contributed by atoms with van der Waals surface area (Å²) in [4.78, 5) is 0. The van der Waals surface area contributed by atoms with Gasteiger partial charge >= 0.3 is 0 Å². The third kappa shape index (κ3) is 3.76. The number of hydrogen-bond acceptors (Lipinski definition) is 1. The maximum atomic E-state index is 6.09. The van der Waals surface area contributed by atoms with Gasteiger partial charge in [-0.2, -0.15) is 0 Å². The number of rotatable bonds is 4. The minimum absolute atomic E-state index is 0.415. The average Bonchev–Trinajstić information content (AvgIpc) is 2.64. The molecule has 1 fully saturated rings. The lowest BCUT2D eigenvalue weighted by Gasteiger charge is -2.10. The van der Waals surface area contributed by atoms with E-state index in [2.05, 4.69) is 45.5 Å². The molecule has 3 heteroatoms. The third-order valence-corrected chi connectivity index (χ3v) is 4.02. The SMILES string of the molecule is ClC1CCC(CNCc2cccc(Br)c2)C1. The van der Waals surface area contributed by atoms with Gasteiger partial charge in [-0.05, 0) is 49.4 Å². The molecule has 2 unspecified atom stereocenters. The highest BCUT2D eigenvalue weighted by Crippen LogP contribution is 2.28. The molecule has 0 bridgehead atoms. The van der Waals surface area contributed by atoms with Crippen molar-refractivity contribution >= 4 is 27.5 Å². The molecule has 1 saturated carbocycles. The Kier molecular flexibility index (Phi) is 4.68. The zero-order valence-corrected chi connectivity index (χ0v) is 11.6. The Morgan fingerprint density at radius 3 is 2.94 bits per heavy atom. The van der Waals surface area contributed by atoms with Crippen LogP contribution in [0.5, 0.6) is 0 Å². The van der Waals surface area contributed by atoms with Crippen molar-refractivity contribution in [1.82, 2.24) is 5.32 Å². The number of nitrogens with one attached hydrogen (secondary N) is 1. The number of alkyl halides is 1.